The number of amides is 8. The predicted octanol–water partition coefficient (Wildman–Crippen LogP) is -3.35. The number of rotatable bonds is 32. The fourth-order valence-corrected chi connectivity index (χ4v) is 8.73. The predicted molar refractivity (Wildman–Crippen MR) is 291 cm³/mol. The van der Waals surface area contributed by atoms with Crippen molar-refractivity contribution in [1.82, 2.24) is 47.1 Å². The first kappa shape index (κ1) is 64.1. The zero-order valence-corrected chi connectivity index (χ0v) is 45.3. The minimum absolute atomic E-state index is 0.0220. The number of hydrogen-bond acceptors (Lipinski definition) is 14. The minimum atomic E-state index is -1.65. The number of carbonyl (C=O) groups is 9. The summed E-state index contributed by atoms with van der Waals surface area (Å²) in [6.07, 6.45) is 3.35. The van der Waals surface area contributed by atoms with Crippen LogP contribution < -0.4 is 65.9 Å². The highest BCUT2D eigenvalue weighted by Crippen LogP contribution is 2.22. The summed E-state index contributed by atoms with van der Waals surface area (Å²) < 4.78 is 0. The molecule has 0 spiro atoms. The molecule has 1 saturated heterocycles. The number of carboxylic acids is 1. The molecule has 0 unspecified atom stereocenters. The van der Waals surface area contributed by atoms with Gasteiger partial charge < -0.3 is 86.0 Å². The van der Waals surface area contributed by atoms with Crippen molar-refractivity contribution in [3.8, 4) is 0 Å². The number of aliphatic hydroxyl groups excluding tert-OH is 1. The van der Waals surface area contributed by atoms with Crippen LogP contribution in [-0.4, -0.2) is 172 Å². The van der Waals surface area contributed by atoms with Crippen LogP contribution in [0.1, 0.15) is 91.5 Å². The van der Waals surface area contributed by atoms with Crippen LogP contribution >= 0.6 is 12.6 Å². The fraction of sp³-hybridized carbons (Fsp3) is 0.612. The van der Waals surface area contributed by atoms with Crippen molar-refractivity contribution in [2.75, 3.05) is 32.0 Å². The van der Waals surface area contributed by atoms with Gasteiger partial charge in [-0.05, 0) is 81.8 Å². The average molecular weight is 1100 g/mol. The van der Waals surface area contributed by atoms with Crippen molar-refractivity contribution >= 4 is 88.7 Å². The summed E-state index contributed by atoms with van der Waals surface area (Å²) >= 11 is 3.93. The molecule has 0 radical (unpaired) electrons. The lowest BCUT2D eigenvalue weighted by atomic mass is 10.00. The third-order valence-electron chi connectivity index (χ3n) is 12.5. The summed E-state index contributed by atoms with van der Waals surface area (Å²) in [4.78, 5) is 135. The molecule has 27 nitrogen and oxygen atoms in total. The second-order valence-corrected chi connectivity index (χ2v) is 20.2. The molecule has 28 heteroatoms. The quantitative estimate of drug-likeness (QED) is 0.0147. The molecule has 0 saturated carbocycles. The maximum atomic E-state index is 14.5. The van der Waals surface area contributed by atoms with Crippen molar-refractivity contribution in [3.63, 3.8) is 0 Å². The Morgan fingerprint density at radius 3 is 1.78 bits per heavy atom. The van der Waals surface area contributed by atoms with E-state index in [9.17, 15) is 53.4 Å². The van der Waals surface area contributed by atoms with Gasteiger partial charge >= 0.3 is 5.97 Å². The average Bonchev–Trinajstić information content (AvgIpc) is 4.03. The number of H-pyrrole nitrogens is 1. The number of thiol groups is 1. The number of aliphatic imine (C=N–C) groups is 2. The van der Waals surface area contributed by atoms with Gasteiger partial charge in [-0.1, -0.05) is 45.9 Å². The highest BCUT2D eigenvalue weighted by atomic mass is 32.1. The molecule has 1 aliphatic rings. The van der Waals surface area contributed by atoms with Gasteiger partial charge in [-0.15, -0.1) is 0 Å². The molecular weight excluding hydrogens is 1020 g/mol. The molecule has 1 aliphatic heterocycles. The number of benzene rings is 1. The molecule has 428 valence electrons. The van der Waals surface area contributed by atoms with E-state index in [1.54, 1.807) is 38.2 Å². The molecule has 9 atom stereocenters. The second-order valence-electron chi connectivity index (χ2n) is 19.8. The maximum absolute atomic E-state index is 14.5. The molecule has 1 fully saturated rings. The lowest BCUT2D eigenvalue weighted by Crippen LogP contribution is -2.60. The number of aromatic nitrogens is 1. The monoisotopic (exact) mass is 1100 g/mol. The molecule has 0 aliphatic carbocycles. The Hall–Kier alpha value is -7.20. The van der Waals surface area contributed by atoms with E-state index in [1.807, 2.05) is 19.9 Å². The molecule has 1 aromatic carbocycles. The van der Waals surface area contributed by atoms with Crippen molar-refractivity contribution in [2.24, 2.45) is 50.5 Å². The first-order chi connectivity index (χ1) is 36.4. The topological polar surface area (TPSA) is 452 Å². The molecule has 1 aromatic heterocycles. The zero-order chi connectivity index (χ0) is 57.5. The van der Waals surface area contributed by atoms with E-state index in [2.05, 4.69) is 64.8 Å². The van der Waals surface area contributed by atoms with Crippen LogP contribution in [0, 0.1) is 11.8 Å². The van der Waals surface area contributed by atoms with Crippen LogP contribution in [0.25, 0.3) is 10.9 Å². The number of nitrogens with one attached hydrogen (secondary N) is 8. The number of aliphatic carboxylic acids is 1. The Bertz CT molecular complexity index is 2410. The van der Waals surface area contributed by atoms with E-state index in [4.69, 9.17) is 28.7 Å². The Balaban J connectivity index is 1.86. The van der Waals surface area contributed by atoms with Crippen LogP contribution in [0.3, 0.4) is 0 Å². The number of nitrogens with zero attached hydrogens (tertiary/aromatic N) is 3. The van der Waals surface area contributed by atoms with Crippen molar-refractivity contribution in [1.29, 1.82) is 0 Å². The maximum Gasteiger partial charge on any atom is 0.327 e. The number of fused-ring (bicyclic) bond motifs is 1. The third kappa shape index (κ3) is 21.0. The zero-order valence-electron chi connectivity index (χ0n) is 44.4. The standard InChI is InChI=1S/C49H80N16O11S/c1-25(2)19-33(62-45(73)38-15-10-18-65(38)46(74)30(50)12-8-16-55-48(51)52)41(69)58-27(5)39(67)60-34(20-26(3)4)42(70)61-35(21-28-22-57-31-13-7-6-11-29(28)31)43(71)59-32(14-9-17-56-49(53)54)40(68)63-36(23-66)44(72)64-37(24-77)47(75)76/h6-7,11,13,22,25-27,30,32-38,57,66,77H,8-10,12,14-21,23-24,50H2,1-5H3,(H,58,69)(H,59,71)(H,60,67)(H,61,70)(H,62,73)(H,63,68)(H,64,72)(H,75,76)(H4,51,52,55)(H4,53,54,56)/t27-,30-,32-,33-,34-,35-,36-,37-,38-/m0/s1. The summed E-state index contributed by atoms with van der Waals surface area (Å²) in [6.45, 7) is 8.35. The minimum Gasteiger partial charge on any atom is -0.480 e. The molecule has 77 heavy (non-hydrogen) atoms. The largest absolute Gasteiger partial charge is 0.480 e. The summed E-state index contributed by atoms with van der Waals surface area (Å²) in [7, 11) is 0. The second kappa shape index (κ2) is 31.8. The highest BCUT2D eigenvalue weighted by Gasteiger charge is 2.39. The number of carbonyl (C=O) groups excluding carboxylic acids is 8. The number of likely N-dealkylation sites (tertiary alicyclic amines) is 1. The number of guanidine groups is 2. The Kier molecular flexibility index (Phi) is 26.4. The van der Waals surface area contributed by atoms with Gasteiger partial charge in [0.15, 0.2) is 11.9 Å². The molecule has 2 heterocycles. The fourth-order valence-electron chi connectivity index (χ4n) is 8.48. The van der Waals surface area contributed by atoms with Crippen LogP contribution in [0.2, 0.25) is 0 Å². The Morgan fingerprint density at radius 2 is 1.19 bits per heavy atom. The van der Waals surface area contributed by atoms with E-state index in [1.165, 1.54) is 11.8 Å². The highest BCUT2D eigenvalue weighted by molar-refractivity contribution is 7.80. The number of hydrogen-bond donors (Lipinski definition) is 16. The van der Waals surface area contributed by atoms with Gasteiger partial charge in [-0.25, -0.2) is 4.79 Å². The van der Waals surface area contributed by atoms with Gasteiger partial charge in [0, 0.05) is 48.9 Å². The van der Waals surface area contributed by atoms with E-state index >= 15 is 0 Å². The first-order valence-electron chi connectivity index (χ1n) is 25.7. The Morgan fingerprint density at radius 1 is 0.688 bits per heavy atom. The summed E-state index contributed by atoms with van der Waals surface area (Å²) in [5.74, 6) is -8.40. The number of nitrogens with two attached hydrogens (primary N) is 5. The molecular formula is C49H80N16O11S. The normalized spacial score (nSPS) is 16.3. The van der Waals surface area contributed by atoms with Crippen LogP contribution in [0.15, 0.2) is 40.4 Å². The number of carboxylic acid groups (broad SMARTS) is 1. The molecule has 8 amide bonds. The first-order valence-corrected chi connectivity index (χ1v) is 26.3. The lowest BCUT2D eigenvalue weighted by Gasteiger charge is -2.29. The summed E-state index contributed by atoms with van der Waals surface area (Å²) in [6, 6.07) is -4.19. The molecule has 20 N–H and O–H groups in total. The molecule has 0 bridgehead atoms. The van der Waals surface area contributed by atoms with E-state index in [-0.39, 0.29) is 81.1 Å². The van der Waals surface area contributed by atoms with Crippen LogP contribution in [-0.2, 0) is 49.6 Å². The number of aliphatic hydroxyl groups is 1. The van der Waals surface area contributed by atoms with Gasteiger partial charge in [0.25, 0.3) is 0 Å². The van der Waals surface area contributed by atoms with Gasteiger partial charge in [0.2, 0.25) is 47.3 Å². The van der Waals surface area contributed by atoms with Gasteiger partial charge in [-0.2, -0.15) is 12.6 Å². The van der Waals surface area contributed by atoms with Crippen LogP contribution in [0.4, 0.5) is 0 Å². The van der Waals surface area contributed by atoms with E-state index in [0.29, 0.717) is 31.4 Å². The smallest absolute Gasteiger partial charge is 0.327 e. The third-order valence-corrected chi connectivity index (χ3v) is 12.8. The number of para-hydroxylation sites is 1. The van der Waals surface area contributed by atoms with Crippen molar-refractivity contribution in [2.45, 2.75) is 147 Å². The van der Waals surface area contributed by atoms with Gasteiger partial charge in [0.05, 0.1) is 12.6 Å². The van der Waals surface area contributed by atoms with E-state index < -0.39 is 114 Å². The van der Waals surface area contributed by atoms with Crippen molar-refractivity contribution < 1.29 is 53.4 Å². The Labute approximate surface area is 453 Å². The summed E-state index contributed by atoms with van der Waals surface area (Å²) in [5, 5.41) is 38.2. The summed E-state index contributed by atoms with van der Waals surface area (Å²) in [5.41, 5.74) is 29.3. The number of aromatic amines is 1. The SMILES string of the molecule is CC(C)C[C@H](NC(=O)[C@H](C)NC(=O)[C@H](CC(C)C)NC(=O)[C@@H]1CCCN1C(=O)[C@@H](N)CCCN=C(N)N)C(=O)N[C@@H](Cc1c[nH]c2ccccc12)C(=O)N[C@@H](CCCN=C(N)N)C(=O)N[C@@H](CO)C(=O)N[C@@H](CS)C(=O)O. The van der Waals surface area contributed by atoms with Gasteiger partial charge in [0.1, 0.15) is 48.3 Å². The molecule has 3 rings (SSSR count). The van der Waals surface area contributed by atoms with Gasteiger partial charge in [-0.3, -0.25) is 48.3 Å². The van der Waals surface area contributed by atoms with Crippen LogP contribution in [0.5, 0.6) is 0 Å². The van der Waals surface area contributed by atoms with E-state index in [0.717, 1.165) is 10.9 Å². The van der Waals surface area contributed by atoms with Crippen molar-refractivity contribution in [3.05, 3.63) is 36.0 Å². The molecule has 2 aromatic rings. The lowest BCUT2D eigenvalue weighted by molar-refractivity contribution is -0.142.